The van der Waals surface area contributed by atoms with Crippen molar-refractivity contribution in [2.75, 3.05) is 18.9 Å². The number of alkyl halides is 2. The van der Waals surface area contributed by atoms with Gasteiger partial charge in [-0.05, 0) is 0 Å². The SMILES string of the molecule is Nc1cc(=O)[nH]c(CCOCC(F)F)n1. The van der Waals surface area contributed by atoms with Crippen LogP contribution in [0.2, 0.25) is 0 Å². The van der Waals surface area contributed by atoms with Crippen molar-refractivity contribution in [2.24, 2.45) is 0 Å². The molecule has 0 spiro atoms. The first kappa shape index (κ1) is 11.6. The van der Waals surface area contributed by atoms with Crippen LogP contribution in [-0.2, 0) is 11.2 Å². The lowest BCUT2D eigenvalue weighted by molar-refractivity contribution is 0.0183. The molecule has 0 radical (unpaired) electrons. The third-order valence-electron chi connectivity index (χ3n) is 1.54. The molecule has 0 aliphatic carbocycles. The molecule has 0 saturated carbocycles. The average Bonchev–Trinajstić information content (AvgIpc) is 2.10. The fraction of sp³-hybridized carbons (Fsp3) is 0.500. The van der Waals surface area contributed by atoms with E-state index in [9.17, 15) is 13.6 Å². The number of ether oxygens (including phenoxy) is 1. The molecular formula is C8H11F2N3O2. The fourth-order valence-corrected chi connectivity index (χ4v) is 0.988. The van der Waals surface area contributed by atoms with Crippen molar-refractivity contribution in [3.05, 3.63) is 22.2 Å². The molecule has 0 aliphatic rings. The Morgan fingerprint density at radius 1 is 1.60 bits per heavy atom. The number of rotatable bonds is 5. The van der Waals surface area contributed by atoms with Gasteiger partial charge in [-0.3, -0.25) is 4.79 Å². The number of halogens is 2. The van der Waals surface area contributed by atoms with Crippen LogP contribution < -0.4 is 11.3 Å². The maximum Gasteiger partial charge on any atom is 0.261 e. The Bertz CT molecular complexity index is 367. The summed E-state index contributed by atoms with van der Waals surface area (Å²) in [5, 5.41) is 0. The number of nitrogens with zero attached hydrogens (tertiary/aromatic N) is 1. The van der Waals surface area contributed by atoms with Gasteiger partial charge in [0.2, 0.25) is 0 Å². The molecule has 1 rings (SSSR count). The first-order valence-electron chi connectivity index (χ1n) is 4.29. The number of nitrogens with one attached hydrogen (secondary N) is 1. The monoisotopic (exact) mass is 219 g/mol. The lowest BCUT2D eigenvalue weighted by atomic mass is 10.4. The van der Waals surface area contributed by atoms with Crippen LogP contribution in [0, 0.1) is 0 Å². The standard InChI is InChI=1S/C8H11F2N3O2/c9-5(10)4-15-2-1-7-12-6(11)3-8(14)13-7/h3,5H,1-2,4H2,(H3,11,12,13,14). The van der Waals surface area contributed by atoms with Gasteiger partial charge in [0.1, 0.15) is 18.2 Å². The highest BCUT2D eigenvalue weighted by atomic mass is 19.3. The molecule has 0 aromatic carbocycles. The van der Waals surface area contributed by atoms with Crippen LogP contribution in [0.1, 0.15) is 5.82 Å². The van der Waals surface area contributed by atoms with E-state index in [0.717, 1.165) is 6.07 Å². The van der Waals surface area contributed by atoms with Crippen molar-refractivity contribution in [3.8, 4) is 0 Å². The van der Waals surface area contributed by atoms with Gasteiger partial charge >= 0.3 is 0 Å². The number of nitrogens with two attached hydrogens (primary N) is 1. The number of anilines is 1. The molecule has 84 valence electrons. The number of aromatic amines is 1. The van der Waals surface area contributed by atoms with Gasteiger partial charge in [0.15, 0.2) is 0 Å². The van der Waals surface area contributed by atoms with E-state index in [1.165, 1.54) is 0 Å². The summed E-state index contributed by atoms with van der Waals surface area (Å²) in [5.74, 6) is 0.428. The van der Waals surface area contributed by atoms with Gasteiger partial charge in [0.25, 0.3) is 12.0 Å². The number of H-pyrrole nitrogens is 1. The molecule has 0 amide bonds. The van der Waals surface area contributed by atoms with Crippen LogP contribution >= 0.6 is 0 Å². The van der Waals surface area contributed by atoms with Gasteiger partial charge in [-0.25, -0.2) is 13.8 Å². The summed E-state index contributed by atoms with van der Waals surface area (Å²) in [4.78, 5) is 17.1. The normalized spacial score (nSPS) is 10.9. The fourth-order valence-electron chi connectivity index (χ4n) is 0.988. The Balaban J connectivity index is 2.40. The van der Waals surface area contributed by atoms with Gasteiger partial charge in [-0.2, -0.15) is 0 Å². The van der Waals surface area contributed by atoms with Gasteiger partial charge in [-0.1, -0.05) is 0 Å². The van der Waals surface area contributed by atoms with Crippen molar-refractivity contribution in [2.45, 2.75) is 12.8 Å². The van der Waals surface area contributed by atoms with Gasteiger partial charge in [0, 0.05) is 12.5 Å². The smallest absolute Gasteiger partial charge is 0.261 e. The van der Waals surface area contributed by atoms with E-state index in [1.54, 1.807) is 0 Å². The predicted octanol–water partition coefficient (Wildman–Crippen LogP) is 0.176. The summed E-state index contributed by atoms with van der Waals surface area (Å²) < 4.78 is 28.0. The van der Waals surface area contributed by atoms with Gasteiger partial charge in [0.05, 0.1) is 6.61 Å². The number of hydrogen-bond acceptors (Lipinski definition) is 4. The van der Waals surface area contributed by atoms with E-state index in [2.05, 4.69) is 14.7 Å². The topological polar surface area (TPSA) is 81.0 Å². The molecule has 5 nitrogen and oxygen atoms in total. The second-order valence-corrected chi connectivity index (χ2v) is 2.83. The average molecular weight is 219 g/mol. The van der Waals surface area contributed by atoms with Crippen molar-refractivity contribution in [3.63, 3.8) is 0 Å². The molecule has 0 saturated heterocycles. The maximum atomic E-state index is 11.7. The third kappa shape index (κ3) is 4.50. The van der Waals surface area contributed by atoms with E-state index in [0.29, 0.717) is 5.82 Å². The largest absolute Gasteiger partial charge is 0.383 e. The van der Waals surface area contributed by atoms with Crippen LogP contribution in [0.3, 0.4) is 0 Å². The molecule has 15 heavy (non-hydrogen) atoms. The molecule has 0 bridgehead atoms. The highest BCUT2D eigenvalue weighted by Gasteiger charge is 2.03. The minimum atomic E-state index is -2.49. The summed E-state index contributed by atoms with van der Waals surface area (Å²) in [6, 6.07) is 1.14. The first-order chi connectivity index (χ1) is 7.08. The first-order valence-corrected chi connectivity index (χ1v) is 4.29. The molecule has 7 heteroatoms. The zero-order chi connectivity index (χ0) is 11.3. The molecule has 1 aromatic rings. The van der Waals surface area contributed by atoms with Crippen LogP contribution in [0.5, 0.6) is 0 Å². The van der Waals surface area contributed by atoms with Crippen LogP contribution in [0.25, 0.3) is 0 Å². The van der Waals surface area contributed by atoms with Crippen LogP contribution in [0.15, 0.2) is 10.9 Å². The lowest BCUT2D eigenvalue weighted by Crippen LogP contribution is -2.15. The van der Waals surface area contributed by atoms with E-state index >= 15 is 0 Å². The molecule has 1 aromatic heterocycles. The minimum Gasteiger partial charge on any atom is -0.383 e. The predicted molar refractivity (Wildman–Crippen MR) is 49.8 cm³/mol. The van der Waals surface area contributed by atoms with Gasteiger partial charge in [-0.15, -0.1) is 0 Å². The Morgan fingerprint density at radius 2 is 2.33 bits per heavy atom. The molecule has 0 fully saturated rings. The zero-order valence-corrected chi connectivity index (χ0v) is 7.87. The molecule has 0 unspecified atom stereocenters. The van der Waals surface area contributed by atoms with Crippen molar-refractivity contribution in [1.29, 1.82) is 0 Å². The number of hydrogen-bond donors (Lipinski definition) is 2. The summed E-state index contributed by atoms with van der Waals surface area (Å²) >= 11 is 0. The quantitative estimate of drug-likeness (QED) is 0.692. The molecular weight excluding hydrogens is 208 g/mol. The molecule has 3 N–H and O–H groups in total. The Labute approximate surface area is 84.3 Å². The third-order valence-corrected chi connectivity index (χ3v) is 1.54. The van der Waals surface area contributed by atoms with E-state index in [1.807, 2.05) is 0 Å². The molecule has 1 heterocycles. The van der Waals surface area contributed by atoms with Crippen molar-refractivity contribution < 1.29 is 13.5 Å². The van der Waals surface area contributed by atoms with Crippen LogP contribution in [-0.4, -0.2) is 29.6 Å². The summed E-state index contributed by atoms with van der Waals surface area (Å²) in [7, 11) is 0. The second kappa shape index (κ2) is 5.40. The zero-order valence-electron chi connectivity index (χ0n) is 7.87. The Kier molecular flexibility index (Phi) is 4.17. The van der Waals surface area contributed by atoms with E-state index < -0.39 is 13.0 Å². The Morgan fingerprint density at radius 3 is 2.93 bits per heavy atom. The van der Waals surface area contributed by atoms with Gasteiger partial charge < -0.3 is 15.5 Å². The minimum absolute atomic E-state index is 0.0662. The van der Waals surface area contributed by atoms with Crippen LogP contribution in [0.4, 0.5) is 14.6 Å². The molecule has 0 atom stereocenters. The summed E-state index contributed by atoms with van der Waals surface area (Å²) in [6.45, 7) is -0.552. The Hall–Kier alpha value is -1.50. The summed E-state index contributed by atoms with van der Waals surface area (Å²) in [5.41, 5.74) is 4.95. The number of nitrogen functional groups attached to an aromatic ring is 1. The van der Waals surface area contributed by atoms with E-state index in [-0.39, 0.29) is 24.4 Å². The highest BCUT2D eigenvalue weighted by Crippen LogP contribution is 1.96. The van der Waals surface area contributed by atoms with Crippen molar-refractivity contribution in [1.82, 2.24) is 9.97 Å². The number of aromatic nitrogens is 2. The second-order valence-electron chi connectivity index (χ2n) is 2.83. The lowest BCUT2D eigenvalue weighted by Gasteiger charge is -2.03. The highest BCUT2D eigenvalue weighted by molar-refractivity contribution is 5.25. The van der Waals surface area contributed by atoms with Crippen molar-refractivity contribution >= 4 is 5.82 Å². The maximum absolute atomic E-state index is 11.7. The summed E-state index contributed by atoms with van der Waals surface area (Å²) in [6.07, 6.45) is -2.25. The van der Waals surface area contributed by atoms with E-state index in [4.69, 9.17) is 5.73 Å². The molecule has 0 aliphatic heterocycles.